The minimum absolute atomic E-state index is 0.0321. The van der Waals surface area contributed by atoms with Crippen molar-refractivity contribution in [1.29, 1.82) is 5.26 Å². The summed E-state index contributed by atoms with van der Waals surface area (Å²) in [5.74, 6) is 0.404. The summed E-state index contributed by atoms with van der Waals surface area (Å²) in [5.41, 5.74) is 0. The molecule has 1 saturated carbocycles. The van der Waals surface area contributed by atoms with Gasteiger partial charge in [-0.2, -0.15) is 5.26 Å². The van der Waals surface area contributed by atoms with Crippen molar-refractivity contribution < 1.29 is 5.11 Å². The van der Waals surface area contributed by atoms with Crippen LogP contribution in [-0.4, -0.2) is 20.8 Å². The Balaban J connectivity index is 2.24. The molecule has 0 saturated heterocycles. The lowest BCUT2D eigenvalue weighted by molar-refractivity contribution is 0.105. The van der Waals surface area contributed by atoms with Crippen molar-refractivity contribution in [3.8, 4) is 6.07 Å². The van der Waals surface area contributed by atoms with Crippen molar-refractivity contribution in [3.05, 3.63) is 18.2 Å². The summed E-state index contributed by atoms with van der Waals surface area (Å²) in [7, 11) is 0. The summed E-state index contributed by atoms with van der Waals surface area (Å²) >= 11 is 0. The van der Waals surface area contributed by atoms with Crippen molar-refractivity contribution in [2.75, 3.05) is 0 Å². The Bertz CT molecular complexity index is 366. The lowest BCUT2D eigenvalue weighted by Crippen LogP contribution is -2.23. The van der Waals surface area contributed by atoms with Crippen molar-refractivity contribution in [2.45, 2.75) is 44.2 Å². The first kappa shape index (κ1) is 10.2. The van der Waals surface area contributed by atoms with Crippen LogP contribution in [0.15, 0.2) is 12.4 Å². The minimum Gasteiger partial charge on any atom is -0.391 e. The lowest BCUT2D eigenvalue weighted by atomic mass is 10.1. The van der Waals surface area contributed by atoms with Gasteiger partial charge in [-0.3, -0.25) is 0 Å². The van der Waals surface area contributed by atoms with Gasteiger partial charge in [-0.15, -0.1) is 0 Å². The highest BCUT2D eigenvalue weighted by Gasteiger charge is 2.24. The minimum atomic E-state index is -0.339. The standard InChI is InChI=1S/C11H15N3O/c12-8-11-13-6-7-14(11)9-4-2-1-3-5-10(9)15/h6-7,9-10,15H,1-5H2. The molecule has 4 nitrogen and oxygen atoms in total. The Hall–Kier alpha value is -1.34. The first-order valence-electron chi connectivity index (χ1n) is 5.44. The number of hydrogen-bond donors (Lipinski definition) is 1. The number of nitriles is 1. The van der Waals surface area contributed by atoms with E-state index in [1.807, 2.05) is 4.57 Å². The van der Waals surface area contributed by atoms with Crippen LogP contribution in [-0.2, 0) is 0 Å². The zero-order valence-electron chi connectivity index (χ0n) is 8.63. The first-order chi connectivity index (χ1) is 7.33. The van der Waals surface area contributed by atoms with Crippen LogP contribution in [0.5, 0.6) is 0 Å². The highest BCUT2D eigenvalue weighted by molar-refractivity contribution is 5.13. The van der Waals surface area contributed by atoms with Gasteiger partial charge in [0.15, 0.2) is 0 Å². The molecule has 1 aromatic heterocycles. The molecule has 0 aliphatic heterocycles. The van der Waals surface area contributed by atoms with Gasteiger partial charge in [0.2, 0.25) is 5.82 Å². The molecule has 0 bridgehead atoms. The molecular weight excluding hydrogens is 190 g/mol. The molecule has 1 fully saturated rings. The van der Waals surface area contributed by atoms with Crippen molar-refractivity contribution in [2.24, 2.45) is 0 Å². The fraction of sp³-hybridized carbons (Fsp3) is 0.636. The highest BCUT2D eigenvalue weighted by Crippen LogP contribution is 2.28. The predicted molar refractivity (Wildman–Crippen MR) is 55.1 cm³/mol. The van der Waals surface area contributed by atoms with Gasteiger partial charge in [-0.25, -0.2) is 4.98 Å². The van der Waals surface area contributed by atoms with Gasteiger partial charge in [0, 0.05) is 12.4 Å². The molecule has 80 valence electrons. The molecule has 1 aromatic rings. The molecule has 0 amide bonds. The second-order valence-corrected chi connectivity index (χ2v) is 4.04. The Kier molecular flexibility index (Phi) is 3.02. The van der Waals surface area contributed by atoms with E-state index in [4.69, 9.17) is 5.26 Å². The molecule has 4 heteroatoms. The number of imidazole rings is 1. The Morgan fingerprint density at radius 1 is 1.40 bits per heavy atom. The van der Waals surface area contributed by atoms with Crippen LogP contribution < -0.4 is 0 Å². The Morgan fingerprint density at radius 3 is 3.00 bits per heavy atom. The third kappa shape index (κ3) is 2.02. The summed E-state index contributed by atoms with van der Waals surface area (Å²) in [6.45, 7) is 0. The van der Waals surface area contributed by atoms with Gasteiger partial charge >= 0.3 is 0 Å². The maximum absolute atomic E-state index is 9.98. The quantitative estimate of drug-likeness (QED) is 0.709. The molecule has 1 heterocycles. The molecule has 0 aromatic carbocycles. The number of aliphatic hydroxyl groups excluding tert-OH is 1. The maximum Gasteiger partial charge on any atom is 0.213 e. The number of aromatic nitrogens is 2. The topological polar surface area (TPSA) is 61.8 Å². The van der Waals surface area contributed by atoms with E-state index in [2.05, 4.69) is 11.1 Å². The summed E-state index contributed by atoms with van der Waals surface area (Å²) in [5, 5.41) is 18.9. The Morgan fingerprint density at radius 2 is 2.20 bits per heavy atom. The summed E-state index contributed by atoms with van der Waals surface area (Å²) < 4.78 is 1.82. The largest absolute Gasteiger partial charge is 0.391 e. The molecule has 0 radical (unpaired) electrons. The molecule has 2 rings (SSSR count). The average molecular weight is 205 g/mol. The van der Waals surface area contributed by atoms with Crippen LogP contribution >= 0.6 is 0 Å². The molecule has 1 N–H and O–H groups in total. The number of aliphatic hydroxyl groups is 1. The van der Waals surface area contributed by atoms with Crippen LogP contribution in [0, 0.1) is 11.3 Å². The molecule has 1 aliphatic carbocycles. The number of nitrogens with zero attached hydrogens (tertiary/aromatic N) is 3. The van der Waals surface area contributed by atoms with Crippen LogP contribution in [0.25, 0.3) is 0 Å². The van der Waals surface area contributed by atoms with Crippen LogP contribution in [0.2, 0.25) is 0 Å². The molecular formula is C11H15N3O. The van der Waals surface area contributed by atoms with E-state index in [0.717, 1.165) is 25.7 Å². The van der Waals surface area contributed by atoms with Crippen molar-refractivity contribution in [3.63, 3.8) is 0 Å². The van der Waals surface area contributed by atoms with Gasteiger partial charge in [-0.1, -0.05) is 19.3 Å². The average Bonchev–Trinajstić information content (AvgIpc) is 2.61. The van der Waals surface area contributed by atoms with E-state index in [1.54, 1.807) is 12.4 Å². The monoisotopic (exact) mass is 205 g/mol. The SMILES string of the molecule is N#Cc1nccn1C1CCCCCC1O. The van der Waals surface area contributed by atoms with Crippen LogP contribution in [0.1, 0.15) is 44.0 Å². The van der Waals surface area contributed by atoms with E-state index in [9.17, 15) is 5.11 Å². The van der Waals surface area contributed by atoms with E-state index >= 15 is 0 Å². The zero-order valence-corrected chi connectivity index (χ0v) is 8.63. The summed E-state index contributed by atoms with van der Waals surface area (Å²) in [6, 6.07) is 2.09. The van der Waals surface area contributed by atoms with Crippen molar-refractivity contribution in [1.82, 2.24) is 9.55 Å². The highest BCUT2D eigenvalue weighted by atomic mass is 16.3. The maximum atomic E-state index is 9.98. The van der Waals surface area contributed by atoms with E-state index in [1.165, 1.54) is 6.42 Å². The third-order valence-corrected chi connectivity index (χ3v) is 3.07. The van der Waals surface area contributed by atoms with Crippen molar-refractivity contribution >= 4 is 0 Å². The second kappa shape index (κ2) is 4.45. The van der Waals surface area contributed by atoms with E-state index in [-0.39, 0.29) is 12.1 Å². The first-order valence-corrected chi connectivity index (χ1v) is 5.44. The number of rotatable bonds is 1. The number of hydrogen-bond acceptors (Lipinski definition) is 3. The molecule has 2 unspecified atom stereocenters. The van der Waals surface area contributed by atoms with Gasteiger partial charge in [0.05, 0.1) is 12.1 Å². The van der Waals surface area contributed by atoms with Gasteiger partial charge in [0.25, 0.3) is 0 Å². The molecule has 1 aliphatic rings. The molecule has 15 heavy (non-hydrogen) atoms. The van der Waals surface area contributed by atoms with E-state index < -0.39 is 0 Å². The molecule has 0 spiro atoms. The second-order valence-electron chi connectivity index (χ2n) is 4.04. The third-order valence-electron chi connectivity index (χ3n) is 3.07. The van der Waals surface area contributed by atoms with Crippen LogP contribution in [0.3, 0.4) is 0 Å². The zero-order chi connectivity index (χ0) is 10.7. The lowest BCUT2D eigenvalue weighted by Gasteiger charge is -2.22. The van der Waals surface area contributed by atoms with Gasteiger partial charge in [0.1, 0.15) is 6.07 Å². The normalized spacial score (nSPS) is 26.9. The summed E-state index contributed by atoms with van der Waals surface area (Å²) in [6.07, 6.45) is 8.20. The predicted octanol–water partition coefficient (Wildman–Crippen LogP) is 1.62. The molecule has 2 atom stereocenters. The smallest absolute Gasteiger partial charge is 0.213 e. The fourth-order valence-electron chi connectivity index (χ4n) is 2.26. The van der Waals surface area contributed by atoms with Crippen LogP contribution in [0.4, 0.5) is 0 Å². The van der Waals surface area contributed by atoms with Gasteiger partial charge < -0.3 is 9.67 Å². The van der Waals surface area contributed by atoms with Gasteiger partial charge in [-0.05, 0) is 12.8 Å². The summed E-state index contributed by atoms with van der Waals surface area (Å²) in [4.78, 5) is 3.97. The fourth-order valence-corrected chi connectivity index (χ4v) is 2.26. The van der Waals surface area contributed by atoms with E-state index in [0.29, 0.717) is 5.82 Å². The Labute approximate surface area is 89.2 Å².